The Morgan fingerprint density at radius 2 is 2.31 bits per heavy atom. The fourth-order valence-electron chi connectivity index (χ4n) is 1.20. The molecule has 1 N–H and O–H groups in total. The van der Waals surface area contributed by atoms with E-state index >= 15 is 0 Å². The molecule has 1 aliphatic rings. The van der Waals surface area contributed by atoms with Crippen molar-refractivity contribution in [3.8, 4) is 0 Å². The van der Waals surface area contributed by atoms with E-state index in [0.717, 1.165) is 12.8 Å². The van der Waals surface area contributed by atoms with E-state index in [-0.39, 0.29) is 12.5 Å². The molecule has 0 atom stereocenters. The van der Waals surface area contributed by atoms with Gasteiger partial charge in [0.1, 0.15) is 0 Å². The second-order valence-corrected chi connectivity index (χ2v) is 4.03. The van der Waals surface area contributed by atoms with E-state index in [0.29, 0.717) is 11.1 Å². The van der Waals surface area contributed by atoms with Crippen molar-refractivity contribution in [3.63, 3.8) is 0 Å². The number of rotatable bonds is 6. The van der Waals surface area contributed by atoms with Crippen molar-refractivity contribution in [3.05, 3.63) is 36.1 Å². The Morgan fingerprint density at radius 1 is 1.56 bits per heavy atom. The highest BCUT2D eigenvalue weighted by Crippen LogP contribution is 2.17. The lowest BCUT2D eigenvalue weighted by Gasteiger charge is -2.26. The maximum atomic E-state index is 11.3. The molecule has 1 saturated carbocycles. The molecular weight excluding hydrogens is 226 g/mol. The second-order valence-electron chi connectivity index (χ2n) is 3.59. The van der Waals surface area contributed by atoms with Crippen LogP contribution in [-0.2, 0) is 9.53 Å². The van der Waals surface area contributed by atoms with Gasteiger partial charge in [-0.05, 0) is 31.4 Å². The van der Waals surface area contributed by atoms with Crippen LogP contribution < -0.4 is 5.32 Å². The monoisotopic (exact) mass is 241 g/mol. The Balaban J connectivity index is 2.09. The smallest absolute Gasteiger partial charge is 0.258 e. The van der Waals surface area contributed by atoms with Crippen LogP contribution in [0.1, 0.15) is 19.3 Å². The summed E-state index contributed by atoms with van der Waals surface area (Å²) in [5.41, 5.74) is 0. The molecule has 0 unspecified atom stereocenters. The molecule has 0 aromatic heterocycles. The summed E-state index contributed by atoms with van der Waals surface area (Å²) in [6.07, 6.45) is 9.59. The van der Waals surface area contributed by atoms with Crippen molar-refractivity contribution in [2.24, 2.45) is 0 Å². The van der Waals surface area contributed by atoms with Crippen LogP contribution in [0.3, 0.4) is 0 Å². The van der Waals surface area contributed by atoms with Gasteiger partial charge in [-0.2, -0.15) is 0 Å². The minimum atomic E-state index is -0.0758. The van der Waals surface area contributed by atoms with Gasteiger partial charge in [0, 0.05) is 11.1 Å². The standard InChI is InChI=1S/C12H16ClNO2/c1-2-10(13)5-4-8-16-9-12(15)14-11-6-3-7-11/h2,4-5,8,11H,1,3,6-7,9H2,(H,14,15)/b8-4+,10-5+. The molecule has 1 aliphatic carbocycles. The molecule has 0 bridgehead atoms. The summed E-state index contributed by atoms with van der Waals surface area (Å²) < 4.78 is 5.03. The lowest BCUT2D eigenvalue weighted by atomic mass is 9.93. The molecule has 16 heavy (non-hydrogen) atoms. The van der Waals surface area contributed by atoms with E-state index in [1.165, 1.54) is 18.8 Å². The third-order valence-electron chi connectivity index (χ3n) is 2.31. The first-order valence-corrected chi connectivity index (χ1v) is 5.66. The topological polar surface area (TPSA) is 38.3 Å². The van der Waals surface area contributed by atoms with Crippen molar-refractivity contribution in [2.45, 2.75) is 25.3 Å². The zero-order valence-electron chi connectivity index (χ0n) is 9.12. The molecule has 0 aromatic rings. The Bertz CT molecular complexity index is 306. The minimum absolute atomic E-state index is 0.0482. The lowest BCUT2D eigenvalue weighted by molar-refractivity contribution is -0.125. The molecule has 1 rings (SSSR count). The molecule has 0 heterocycles. The van der Waals surface area contributed by atoms with Crippen LogP contribution in [0.15, 0.2) is 36.1 Å². The van der Waals surface area contributed by atoms with Crippen molar-refractivity contribution in [1.82, 2.24) is 5.32 Å². The first-order valence-electron chi connectivity index (χ1n) is 5.28. The van der Waals surface area contributed by atoms with Gasteiger partial charge in [0.25, 0.3) is 5.91 Å². The number of carbonyl (C=O) groups is 1. The fourth-order valence-corrected chi connectivity index (χ4v) is 1.27. The number of nitrogens with one attached hydrogen (secondary N) is 1. The van der Waals surface area contributed by atoms with Gasteiger partial charge in [0.05, 0.1) is 6.26 Å². The molecule has 1 fully saturated rings. The van der Waals surface area contributed by atoms with Gasteiger partial charge in [-0.1, -0.05) is 24.3 Å². The molecule has 88 valence electrons. The van der Waals surface area contributed by atoms with E-state index in [1.807, 2.05) is 0 Å². The van der Waals surface area contributed by atoms with Crippen molar-refractivity contribution < 1.29 is 9.53 Å². The lowest BCUT2D eigenvalue weighted by Crippen LogP contribution is -2.41. The Morgan fingerprint density at radius 3 is 2.88 bits per heavy atom. The van der Waals surface area contributed by atoms with E-state index in [4.69, 9.17) is 16.3 Å². The average Bonchev–Trinajstić information content (AvgIpc) is 2.22. The maximum Gasteiger partial charge on any atom is 0.258 e. The van der Waals surface area contributed by atoms with Crippen molar-refractivity contribution in [2.75, 3.05) is 6.61 Å². The summed E-state index contributed by atoms with van der Waals surface area (Å²) in [6, 6.07) is 0.357. The zero-order valence-corrected chi connectivity index (χ0v) is 9.87. The molecule has 0 aromatic carbocycles. The zero-order chi connectivity index (χ0) is 11.8. The minimum Gasteiger partial charge on any atom is -0.491 e. The third kappa shape index (κ3) is 5.03. The molecule has 0 radical (unpaired) electrons. The van der Waals surface area contributed by atoms with Gasteiger partial charge in [-0.15, -0.1) is 0 Å². The highest BCUT2D eigenvalue weighted by molar-refractivity contribution is 6.31. The van der Waals surface area contributed by atoms with Crippen LogP contribution in [0, 0.1) is 0 Å². The van der Waals surface area contributed by atoms with Crippen molar-refractivity contribution in [1.29, 1.82) is 0 Å². The number of halogens is 1. The molecule has 0 spiro atoms. The highest BCUT2D eigenvalue weighted by Gasteiger charge is 2.18. The third-order valence-corrected chi connectivity index (χ3v) is 2.59. The van der Waals surface area contributed by atoms with Gasteiger partial charge >= 0.3 is 0 Å². The van der Waals surface area contributed by atoms with Crippen LogP contribution in [-0.4, -0.2) is 18.6 Å². The molecule has 1 amide bonds. The molecule has 4 heteroatoms. The molecule has 3 nitrogen and oxygen atoms in total. The molecular formula is C12H16ClNO2. The first-order chi connectivity index (χ1) is 7.72. The Kier molecular flexibility index (Phi) is 5.72. The van der Waals surface area contributed by atoms with Crippen LogP contribution in [0.25, 0.3) is 0 Å². The van der Waals surface area contributed by atoms with Gasteiger partial charge in [-0.3, -0.25) is 4.79 Å². The van der Waals surface area contributed by atoms with Gasteiger partial charge in [-0.25, -0.2) is 0 Å². The predicted molar refractivity (Wildman–Crippen MR) is 65.0 cm³/mol. The Labute approximate surface area is 101 Å². The van der Waals surface area contributed by atoms with Crippen molar-refractivity contribution >= 4 is 17.5 Å². The van der Waals surface area contributed by atoms with Crippen LogP contribution in [0.4, 0.5) is 0 Å². The number of hydrogen-bond acceptors (Lipinski definition) is 2. The Hall–Kier alpha value is -1.22. The quantitative estimate of drug-likeness (QED) is 0.573. The summed E-state index contributed by atoms with van der Waals surface area (Å²) in [4.78, 5) is 11.3. The number of ether oxygens (including phenoxy) is 1. The fraction of sp³-hybridized carbons (Fsp3) is 0.417. The number of amides is 1. The largest absolute Gasteiger partial charge is 0.491 e. The summed E-state index contributed by atoms with van der Waals surface area (Å²) >= 11 is 5.66. The number of allylic oxidation sites excluding steroid dienone is 4. The summed E-state index contributed by atoms with van der Waals surface area (Å²) in [6.45, 7) is 3.55. The van der Waals surface area contributed by atoms with E-state index in [2.05, 4.69) is 11.9 Å². The first kappa shape index (κ1) is 12.8. The van der Waals surface area contributed by atoms with E-state index < -0.39 is 0 Å². The summed E-state index contributed by atoms with van der Waals surface area (Å²) in [5, 5.41) is 3.40. The van der Waals surface area contributed by atoms with E-state index in [1.54, 1.807) is 12.2 Å². The van der Waals surface area contributed by atoms with Crippen LogP contribution in [0.2, 0.25) is 0 Å². The predicted octanol–water partition coefficient (Wildman–Crippen LogP) is 2.49. The van der Waals surface area contributed by atoms with Crippen LogP contribution >= 0.6 is 11.6 Å². The molecule has 0 saturated heterocycles. The average molecular weight is 242 g/mol. The van der Waals surface area contributed by atoms with Crippen LogP contribution in [0.5, 0.6) is 0 Å². The normalized spacial score (nSPS) is 16.9. The highest BCUT2D eigenvalue weighted by atomic mass is 35.5. The van der Waals surface area contributed by atoms with Gasteiger partial charge in [0.15, 0.2) is 6.61 Å². The van der Waals surface area contributed by atoms with Gasteiger partial charge in [0.2, 0.25) is 0 Å². The van der Waals surface area contributed by atoms with Gasteiger partial charge < -0.3 is 10.1 Å². The molecule has 0 aliphatic heterocycles. The number of carbonyl (C=O) groups excluding carboxylic acids is 1. The second kappa shape index (κ2) is 7.12. The summed E-state index contributed by atoms with van der Waals surface area (Å²) in [5.74, 6) is -0.0758. The van der Waals surface area contributed by atoms with E-state index in [9.17, 15) is 4.79 Å². The SMILES string of the molecule is C=C/C(Cl)=C\C=C\OCC(=O)NC1CCC1. The number of hydrogen-bond donors (Lipinski definition) is 1. The summed E-state index contributed by atoms with van der Waals surface area (Å²) in [7, 11) is 0. The maximum absolute atomic E-state index is 11.3.